The van der Waals surface area contributed by atoms with Crippen molar-refractivity contribution >= 4 is 11.6 Å². The van der Waals surface area contributed by atoms with Crippen molar-refractivity contribution in [1.82, 2.24) is 5.32 Å². The number of nitrogens with two attached hydrogens (primary N) is 1. The van der Waals surface area contributed by atoms with E-state index in [9.17, 15) is 9.18 Å². The average molecular weight is 278 g/mol. The molecule has 2 rings (SSSR count). The standard InChI is InChI=1S/C16H23FN2O/c1-2-3-11-4-7-13(8-5-11)19-16(20)14-9-6-12(17)10-15(14)18/h6,9-11,13H,2-5,7-8,18H2,1H3,(H,19,20). The van der Waals surface area contributed by atoms with Crippen LogP contribution in [0.25, 0.3) is 0 Å². The number of anilines is 1. The number of amides is 1. The second-order valence-corrected chi connectivity index (χ2v) is 5.71. The van der Waals surface area contributed by atoms with Crippen molar-refractivity contribution < 1.29 is 9.18 Å². The molecular formula is C16H23FN2O. The van der Waals surface area contributed by atoms with Crippen LogP contribution in [-0.2, 0) is 0 Å². The Balaban J connectivity index is 1.89. The summed E-state index contributed by atoms with van der Waals surface area (Å²) in [7, 11) is 0. The first-order chi connectivity index (χ1) is 9.60. The van der Waals surface area contributed by atoms with Crippen LogP contribution in [0.1, 0.15) is 55.8 Å². The number of nitrogen functional groups attached to an aromatic ring is 1. The zero-order valence-corrected chi connectivity index (χ0v) is 12.0. The predicted octanol–water partition coefficient (Wildman–Crippen LogP) is 3.50. The fourth-order valence-electron chi connectivity index (χ4n) is 3.01. The van der Waals surface area contributed by atoms with Crippen LogP contribution >= 0.6 is 0 Å². The fraction of sp³-hybridized carbons (Fsp3) is 0.562. The Morgan fingerprint density at radius 3 is 2.65 bits per heavy atom. The van der Waals surface area contributed by atoms with Gasteiger partial charge in [0.05, 0.1) is 5.56 Å². The number of carbonyl (C=O) groups is 1. The van der Waals surface area contributed by atoms with Gasteiger partial charge in [-0.25, -0.2) is 4.39 Å². The van der Waals surface area contributed by atoms with Crippen LogP contribution in [-0.4, -0.2) is 11.9 Å². The molecule has 0 aromatic heterocycles. The number of hydrogen-bond donors (Lipinski definition) is 2. The van der Waals surface area contributed by atoms with E-state index >= 15 is 0 Å². The largest absolute Gasteiger partial charge is 0.398 e. The van der Waals surface area contributed by atoms with Crippen LogP contribution in [0.15, 0.2) is 18.2 Å². The highest BCUT2D eigenvalue weighted by molar-refractivity contribution is 5.99. The van der Waals surface area contributed by atoms with Crippen molar-refractivity contribution in [3.05, 3.63) is 29.6 Å². The molecule has 110 valence electrons. The van der Waals surface area contributed by atoms with Gasteiger partial charge in [0.1, 0.15) is 5.82 Å². The lowest BCUT2D eigenvalue weighted by molar-refractivity contribution is 0.0922. The molecular weight excluding hydrogens is 255 g/mol. The molecule has 1 aliphatic carbocycles. The smallest absolute Gasteiger partial charge is 0.253 e. The summed E-state index contributed by atoms with van der Waals surface area (Å²) in [4.78, 5) is 12.1. The lowest BCUT2D eigenvalue weighted by atomic mass is 9.83. The highest BCUT2D eigenvalue weighted by Gasteiger charge is 2.22. The van der Waals surface area contributed by atoms with Crippen LogP contribution in [0.4, 0.5) is 10.1 Å². The van der Waals surface area contributed by atoms with Gasteiger partial charge in [0.15, 0.2) is 0 Å². The first-order valence-corrected chi connectivity index (χ1v) is 7.46. The Morgan fingerprint density at radius 1 is 1.35 bits per heavy atom. The summed E-state index contributed by atoms with van der Waals surface area (Å²) in [5.74, 6) is 0.199. The fourth-order valence-corrected chi connectivity index (χ4v) is 3.01. The maximum Gasteiger partial charge on any atom is 0.253 e. The summed E-state index contributed by atoms with van der Waals surface area (Å²) in [6, 6.07) is 4.12. The van der Waals surface area contributed by atoms with E-state index in [-0.39, 0.29) is 17.6 Å². The molecule has 1 aromatic rings. The van der Waals surface area contributed by atoms with Gasteiger partial charge >= 0.3 is 0 Å². The molecule has 0 saturated heterocycles. The van der Waals surface area contributed by atoms with Gasteiger partial charge in [0, 0.05) is 11.7 Å². The number of nitrogens with one attached hydrogen (secondary N) is 1. The Morgan fingerprint density at radius 2 is 2.05 bits per heavy atom. The van der Waals surface area contributed by atoms with Crippen LogP contribution in [0.3, 0.4) is 0 Å². The number of hydrogen-bond acceptors (Lipinski definition) is 2. The first-order valence-electron chi connectivity index (χ1n) is 7.46. The first kappa shape index (κ1) is 14.8. The molecule has 1 aliphatic rings. The van der Waals surface area contributed by atoms with E-state index in [0.717, 1.165) is 18.8 Å². The molecule has 0 atom stereocenters. The summed E-state index contributed by atoms with van der Waals surface area (Å²) in [5.41, 5.74) is 6.25. The van der Waals surface area contributed by atoms with E-state index in [1.165, 1.54) is 43.9 Å². The monoisotopic (exact) mass is 278 g/mol. The van der Waals surface area contributed by atoms with Gasteiger partial charge in [-0.2, -0.15) is 0 Å². The van der Waals surface area contributed by atoms with Gasteiger partial charge < -0.3 is 11.1 Å². The molecule has 1 fully saturated rings. The van der Waals surface area contributed by atoms with Gasteiger partial charge in [-0.1, -0.05) is 19.8 Å². The molecule has 0 spiro atoms. The Hall–Kier alpha value is -1.58. The lowest BCUT2D eigenvalue weighted by Gasteiger charge is -2.29. The molecule has 3 nitrogen and oxygen atoms in total. The summed E-state index contributed by atoms with van der Waals surface area (Å²) in [5, 5.41) is 3.02. The third kappa shape index (κ3) is 3.71. The van der Waals surface area contributed by atoms with Gasteiger partial charge in [0.25, 0.3) is 5.91 Å². The zero-order chi connectivity index (χ0) is 14.5. The second-order valence-electron chi connectivity index (χ2n) is 5.71. The minimum absolute atomic E-state index is 0.193. The van der Waals surface area contributed by atoms with E-state index < -0.39 is 5.82 Å². The van der Waals surface area contributed by atoms with E-state index in [1.54, 1.807) is 0 Å². The highest BCUT2D eigenvalue weighted by atomic mass is 19.1. The van der Waals surface area contributed by atoms with Crippen molar-refractivity contribution in [3.63, 3.8) is 0 Å². The quantitative estimate of drug-likeness (QED) is 0.828. The van der Waals surface area contributed by atoms with E-state index in [4.69, 9.17) is 5.73 Å². The maximum absolute atomic E-state index is 13.0. The summed E-state index contributed by atoms with van der Waals surface area (Å²) in [6.45, 7) is 2.21. The highest BCUT2D eigenvalue weighted by Crippen LogP contribution is 2.28. The van der Waals surface area contributed by atoms with E-state index in [0.29, 0.717) is 5.56 Å². The van der Waals surface area contributed by atoms with Crippen LogP contribution in [0.5, 0.6) is 0 Å². The molecule has 4 heteroatoms. The van der Waals surface area contributed by atoms with Gasteiger partial charge in [-0.15, -0.1) is 0 Å². The number of halogens is 1. The van der Waals surface area contributed by atoms with Crippen LogP contribution < -0.4 is 11.1 Å². The molecule has 1 amide bonds. The molecule has 20 heavy (non-hydrogen) atoms. The van der Waals surface area contributed by atoms with E-state index in [1.807, 2.05) is 0 Å². The SMILES string of the molecule is CCCC1CCC(NC(=O)c2ccc(F)cc2N)CC1. The average Bonchev–Trinajstić information content (AvgIpc) is 2.41. The van der Waals surface area contributed by atoms with Crippen LogP contribution in [0.2, 0.25) is 0 Å². The topological polar surface area (TPSA) is 55.1 Å². The predicted molar refractivity (Wildman–Crippen MR) is 78.9 cm³/mol. The zero-order valence-electron chi connectivity index (χ0n) is 12.0. The number of rotatable bonds is 4. The molecule has 0 aliphatic heterocycles. The molecule has 1 aromatic carbocycles. The van der Waals surface area contributed by atoms with Gasteiger partial charge in [0.2, 0.25) is 0 Å². The molecule has 0 heterocycles. The van der Waals surface area contributed by atoms with Crippen molar-refractivity contribution in [3.8, 4) is 0 Å². The number of carbonyl (C=O) groups excluding carboxylic acids is 1. The molecule has 0 radical (unpaired) electrons. The van der Waals surface area contributed by atoms with Crippen molar-refractivity contribution in [2.75, 3.05) is 5.73 Å². The summed E-state index contributed by atoms with van der Waals surface area (Å²) in [6.07, 6.45) is 6.92. The molecule has 0 unspecified atom stereocenters. The van der Waals surface area contributed by atoms with E-state index in [2.05, 4.69) is 12.2 Å². The third-order valence-electron chi connectivity index (χ3n) is 4.14. The summed E-state index contributed by atoms with van der Waals surface area (Å²) >= 11 is 0. The van der Waals surface area contributed by atoms with Gasteiger partial charge in [-0.05, 0) is 49.8 Å². The third-order valence-corrected chi connectivity index (χ3v) is 4.14. The van der Waals surface area contributed by atoms with Crippen molar-refractivity contribution in [2.24, 2.45) is 5.92 Å². The number of benzene rings is 1. The second kappa shape index (κ2) is 6.73. The van der Waals surface area contributed by atoms with Gasteiger partial charge in [-0.3, -0.25) is 4.79 Å². The maximum atomic E-state index is 13.0. The van der Waals surface area contributed by atoms with Crippen LogP contribution in [0, 0.1) is 11.7 Å². The van der Waals surface area contributed by atoms with Crippen molar-refractivity contribution in [1.29, 1.82) is 0 Å². The Labute approximate surface area is 119 Å². The van der Waals surface area contributed by atoms with Crippen molar-refractivity contribution in [2.45, 2.75) is 51.5 Å². The minimum atomic E-state index is -0.417. The molecule has 3 N–H and O–H groups in total. The molecule has 0 bridgehead atoms. The Bertz CT molecular complexity index is 468. The Kier molecular flexibility index (Phi) is 4.99. The summed E-state index contributed by atoms with van der Waals surface area (Å²) < 4.78 is 13.0. The lowest BCUT2D eigenvalue weighted by Crippen LogP contribution is -2.37. The molecule has 1 saturated carbocycles. The minimum Gasteiger partial charge on any atom is -0.398 e. The normalized spacial score (nSPS) is 22.5.